The van der Waals surface area contributed by atoms with Gasteiger partial charge in [-0.25, -0.2) is 4.99 Å². The fourth-order valence-corrected chi connectivity index (χ4v) is 6.92. The molecule has 0 saturated carbocycles. The summed E-state index contributed by atoms with van der Waals surface area (Å²) < 4.78 is 18.5. The molecule has 0 aromatic heterocycles. The van der Waals surface area contributed by atoms with E-state index < -0.39 is 5.60 Å². The van der Waals surface area contributed by atoms with E-state index in [2.05, 4.69) is 63.0 Å². The van der Waals surface area contributed by atoms with Gasteiger partial charge < -0.3 is 24.8 Å². The smallest absolute Gasteiger partial charge is 0.271 e. The molecule has 5 rings (SSSR count). The standard InChI is InChI=1S/C39H48N4O4S/c1-7-45-20-18-43(19-21-46-8-2)37(44)39(16-11-10-12-17-39)47-31-25-28(38(4,5)6)22-27-24-30-34(36(41)42-35(30)40)33(32(27)31)26-14-13-15-29(23-26)48-9-3/h10-16,22-25H,7-9,17-21H2,1-6H3,(H3,40,41,42). The minimum Gasteiger partial charge on any atom is -0.472 e. The summed E-state index contributed by atoms with van der Waals surface area (Å²) >= 11 is 1.76. The van der Waals surface area contributed by atoms with Gasteiger partial charge in [0.2, 0.25) is 5.60 Å². The van der Waals surface area contributed by atoms with E-state index in [-0.39, 0.29) is 17.2 Å². The molecule has 3 aromatic carbocycles. The van der Waals surface area contributed by atoms with Gasteiger partial charge in [-0.1, -0.05) is 64.1 Å². The lowest BCUT2D eigenvalue weighted by Crippen LogP contribution is -2.53. The molecule has 1 aliphatic heterocycles. The minimum atomic E-state index is -1.31. The predicted octanol–water partition coefficient (Wildman–Crippen LogP) is 7.50. The SMILES string of the molecule is CCOCCN(CCOCC)C(=O)C1(Oc2cc(C(C)(C)C)cc3cc4c(c(-c5cccc(SCC)c5)c23)C(N)=NC4=N)C=CC=CC1. The van der Waals surface area contributed by atoms with Crippen molar-refractivity contribution in [3.63, 3.8) is 0 Å². The maximum Gasteiger partial charge on any atom is 0.271 e. The van der Waals surface area contributed by atoms with Crippen LogP contribution in [0.15, 0.2) is 76.7 Å². The molecule has 0 bridgehead atoms. The van der Waals surface area contributed by atoms with Gasteiger partial charge in [-0.05, 0) is 71.9 Å². The van der Waals surface area contributed by atoms with Crippen molar-refractivity contribution in [2.45, 2.75) is 63.9 Å². The number of aliphatic imine (C=N–C) groups is 1. The van der Waals surface area contributed by atoms with E-state index in [9.17, 15) is 4.79 Å². The lowest BCUT2D eigenvalue weighted by atomic mass is 9.82. The Balaban J connectivity index is 1.76. The zero-order valence-corrected chi connectivity index (χ0v) is 29.8. The number of ether oxygens (including phenoxy) is 3. The van der Waals surface area contributed by atoms with Crippen LogP contribution in [0.3, 0.4) is 0 Å². The molecule has 3 aromatic rings. The number of nitrogens with two attached hydrogens (primary N) is 1. The van der Waals surface area contributed by atoms with Crippen molar-refractivity contribution in [1.29, 1.82) is 5.41 Å². The maximum atomic E-state index is 14.7. The maximum absolute atomic E-state index is 14.7. The molecular weight excluding hydrogens is 621 g/mol. The van der Waals surface area contributed by atoms with Crippen LogP contribution in [0.1, 0.15) is 64.7 Å². The number of hydrogen-bond acceptors (Lipinski definition) is 7. The average molecular weight is 669 g/mol. The molecule has 1 atom stereocenters. The zero-order chi connectivity index (χ0) is 34.5. The molecule has 8 nitrogen and oxygen atoms in total. The number of nitrogens with one attached hydrogen (secondary N) is 1. The monoisotopic (exact) mass is 668 g/mol. The molecule has 1 heterocycles. The molecule has 0 saturated heterocycles. The van der Waals surface area contributed by atoms with Crippen molar-refractivity contribution in [2.75, 3.05) is 45.3 Å². The lowest BCUT2D eigenvalue weighted by Gasteiger charge is -2.37. The van der Waals surface area contributed by atoms with Crippen molar-refractivity contribution in [3.05, 3.63) is 83.5 Å². The first-order valence-electron chi connectivity index (χ1n) is 16.8. The molecule has 1 amide bonds. The van der Waals surface area contributed by atoms with Crippen molar-refractivity contribution in [1.82, 2.24) is 4.90 Å². The van der Waals surface area contributed by atoms with Crippen LogP contribution in [0.5, 0.6) is 5.75 Å². The number of allylic oxidation sites excluding steroid dienone is 2. The normalized spacial score (nSPS) is 17.1. The summed E-state index contributed by atoms with van der Waals surface area (Å²) in [4.78, 5) is 22.0. The van der Waals surface area contributed by atoms with Gasteiger partial charge in [-0.2, -0.15) is 0 Å². The second-order valence-electron chi connectivity index (χ2n) is 13.0. The first-order valence-corrected chi connectivity index (χ1v) is 17.8. The fourth-order valence-electron chi connectivity index (χ4n) is 6.20. The van der Waals surface area contributed by atoms with Gasteiger partial charge in [0.1, 0.15) is 11.6 Å². The summed E-state index contributed by atoms with van der Waals surface area (Å²) in [5.41, 5.74) is 9.30. The van der Waals surface area contributed by atoms with E-state index in [1.807, 2.05) is 50.3 Å². The van der Waals surface area contributed by atoms with Crippen LogP contribution in [0.25, 0.3) is 21.9 Å². The molecule has 2 aliphatic rings. The van der Waals surface area contributed by atoms with E-state index >= 15 is 0 Å². The highest BCUT2D eigenvalue weighted by atomic mass is 32.2. The lowest BCUT2D eigenvalue weighted by molar-refractivity contribution is -0.145. The fraction of sp³-hybridized carbons (Fsp3) is 0.410. The van der Waals surface area contributed by atoms with Crippen LogP contribution in [-0.2, 0) is 19.7 Å². The molecule has 48 heavy (non-hydrogen) atoms. The number of nitrogens with zero attached hydrogens (tertiary/aromatic N) is 2. The molecule has 9 heteroatoms. The van der Waals surface area contributed by atoms with Crippen LogP contribution >= 0.6 is 11.8 Å². The number of fused-ring (bicyclic) bond motifs is 2. The summed E-state index contributed by atoms with van der Waals surface area (Å²) in [7, 11) is 0. The molecule has 0 radical (unpaired) electrons. The number of benzene rings is 3. The van der Waals surface area contributed by atoms with Crippen LogP contribution in [0.4, 0.5) is 0 Å². The third kappa shape index (κ3) is 7.38. The number of amides is 1. The number of hydrogen-bond donors (Lipinski definition) is 2. The quantitative estimate of drug-likeness (QED) is 0.136. The molecule has 1 unspecified atom stereocenters. The van der Waals surface area contributed by atoms with Crippen LogP contribution in [0, 0.1) is 5.41 Å². The Morgan fingerprint density at radius 1 is 1.02 bits per heavy atom. The van der Waals surface area contributed by atoms with E-state index in [1.54, 1.807) is 16.7 Å². The Bertz CT molecular complexity index is 1760. The Labute approximate surface area is 288 Å². The Kier molecular flexibility index (Phi) is 11.1. The topological polar surface area (TPSA) is 110 Å². The van der Waals surface area contributed by atoms with Crippen molar-refractivity contribution >= 4 is 40.1 Å². The summed E-state index contributed by atoms with van der Waals surface area (Å²) in [6, 6.07) is 14.6. The molecule has 1 aliphatic carbocycles. The summed E-state index contributed by atoms with van der Waals surface area (Å²) in [5, 5.41) is 10.5. The predicted molar refractivity (Wildman–Crippen MR) is 198 cm³/mol. The van der Waals surface area contributed by atoms with Gasteiger partial charge >= 0.3 is 0 Å². The van der Waals surface area contributed by atoms with E-state index in [1.165, 1.54) is 0 Å². The second kappa shape index (κ2) is 15.1. The van der Waals surface area contributed by atoms with Crippen LogP contribution < -0.4 is 10.5 Å². The average Bonchev–Trinajstić information content (AvgIpc) is 3.35. The Morgan fingerprint density at radius 2 is 1.75 bits per heavy atom. The van der Waals surface area contributed by atoms with Gasteiger partial charge in [0.25, 0.3) is 5.91 Å². The first-order chi connectivity index (χ1) is 23.0. The van der Waals surface area contributed by atoms with Crippen molar-refractivity contribution < 1.29 is 19.0 Å². The Morgan fingerprint density at radius 3 is 2.38 bits per heavy atom. The summed E-state index contributed by atoms with van der Waals surface area (Å²) in [6.45, 7) is 15.3. The zero-order valence-electron chi connectivity index (χ0n) is 29.0. The van der Waals surface area contributed by atoms with Crippen molar-refractivity contribution in [2.24, 2.45) is 10.7 Å². The van der Waals surface area contributed by atoms with E-state index in [0.29, 0.717) is 68.6 Å². The Hall–Kier alpha value is -3.92. The van der Waals surface area contributed by atoms with Gasteiger partial charge in [0, 0.05) is 59.7 Å². The van der Waals surface area contributed by atoms with Gasteiger partial charge in [0.05, 0.1) is 13.2 Å². The van der Waals surface area contributed by atoms with E-state index in [0.717, 1.165) is 38.1 Å². The highest BCUT2D eigenvalue weighted by molar-refractivity contribution is 7.99. The molecule has 0 fully saturated rings. The van der Waals surface area contributed by atoms with Crippen LogP contribution in [0.2, 0.25) is 0 Å². The third-order valence-corrected chi connectivity index (χ3v) is 9.52. The summed E-state index contributed by atoms with van der Waals surface area (Å²) in [6.07, 6.45) is 8.04. The number of amidine groups is 2. The van der Waals surface area contributed by atoms with Gasteiger partial charge in [-0.15, -0.1) is 11.8 Å². The number of thioether (sulfide) groups is 1. The number of carbonyl (C=O) groups is 1. The van der Waals surface area contributed by atoms with Gasteiger partial charge in [-0.3, -0.25) is 10.2 Å². The van der Waals surface area contributed by atoms with Crippen molar-refractivity contribution in [3.8, 4) is 16.9 Å². The third-order valence-electron chi connectivity index (χ3n) is 8.64. The molecule has 254 valence electrons. The molecule has 3 N–H and O–H groups in total. The molecular formula is C39H48N4O4S. The number of carbonyl (C=O) groups excluding carboxylic acids is 1. The first kappa shape index (κ1) is 35.4. The van der Waals surface area contributed by atoms with E-state index in [4.69, 9.17) is 25.4 Å². The van der Waals surface area contributed by atoms with Crippen LogP contribution in [-0.4, -0.2) is 73.3 Å². The molecule has 0 spiro atoms. The second-order valence-corrected chi connectivity index (χ2v) is 14.3. The number of rotatable bonds is 14. The highest BCUT2D eigenvalue weighted by Crippen LogP contribution is 2.46. The largest absolute Gasteiger partial charge is 0.472 e. The minimum absolute atomic E-state index is 0.139. The van der Waals surface area contributed by atoms with Gasteiger partial charge in [0.15, 0.2) is 5.84 Å². The highest BCUT2D eigenvalue weighted by Gasteiger charge is 2.42. The summed E-state index contributed by atoms with van der Waals surface area (Å²) in [5.74, 6) is 1.80.